The molecule has 2 rings (SSSR count). The fraction of sp³-hybridized carbons (Fsp3) is 0.333. The number of rotatable bonds is 7. The maximum Gasteiger partial charge on any atom is 0.274 e. The lowest BCUT2D eigenvalue weighted by molar-refractivity contribution is 0.102. The fourth-order valence-electron chi connectivity index (χ4n) is 2.32. The van der Waals surface area contributed by atoms with E-state index in [1.807, 2.05) is 32.0 Å². The molecule has 0 saturated carbocycles. The Labute approximate surface area is 137 Å². The van der Waals surface area contributed by atoms with Crippen molar-refractivity contribution >= 4 is 17.3 Å². The van der Waals surface area contributed by atoms with Crippen LogP contribution in [0.4, 0.5) is 11.4 Å². The minimum atomic E-state index is -0.207. The van der Waals surface area contributed by atoms with Gasteiger partial charge < -0.3 is 15.4 Å². The Balaban J connectivity index is 1.94. The number of hydrogen-bond acceptors (Lipinski definition) is 4. The van der Waals surface area contributed by atoms with E-state index in [1.165, 1.54) is 0 Å². The maximum absolute atomic E-state index is 12.2. The van der Waals surface area contributed by atoms with Crippen LogP contribution in [0.2, 0.25) is 0 Å². The first kappa shape index (κ1) is 17.0. The van der Waals surface area contributed by atoms with Gasteiger partial charge in [-0.25, -0.2) is 4.98 Å². The topological polar surface area (TPSA) is 63.2 Å². The second-order valence-electron chi connectivity index (χ2n) is 5.54. The average molecular weight is 313 g/mol. The molecule has 0 bridgehead atoms. The summed E-state index contributed by atoms with van der Waals surface area (Å²) in [6, 6.07) is 9.53. The van der Waals surface area contributed by atoms with E-state index in [1.54, 1.807) is 19.4 Å². The molecule has 1 heterocycles. The van der Waals surface area contributed by atoms with Crippen molar-refractivity contribution in [3.05, 3.63) is 53.3 Å². The van der Waals surface area contributed by atoms with Crippen molar-refractivity contribution in [3.63, 3.8) is 0 Å². The monoisotopic (exact) mass is 313 g/mol. The Hall–Kier alpha value is -2.40. The molecule has 0 spiro atoms. The Morgan fingerprint density at radius 1 is 1.13 bits per heavy atom. The lowest BCUT2D eigenvalue weighted by atomic mass is 10.1. The van der Waals surface area contributed by atoms with E-state index in [0.717, 1.165) is 42.1 Å². The molecule has 0 fully saturated rings. The Morgan fingerprint density at radius 3 is 2.48 bits per heavy atom. The van der Waals surface area contributed by atoms with Gasteiger partial charge in [0.1, 0.15) is 5.69 Å². The lowest BCUT2D eigenvalue weighted by Crippen LogP contribution is -2.14. The molecule has 122 valence electrons. The number of pyridine rings is 1. The summed E-state index contributed by atoms with van der Waals surface area (Å²) in [6.07, 6.45) is 2.59. The van der Waals surface area contributed by atoms with Gasteiger partial charge in [-0.15, -0.1) is 0 Å². The first-order valence-corrected chi connectivity index (χ1v) is 7.67. The number of amides is 1. The van der Waals surface area contributed by atoms with Gasteiger partial charge >= 0.3 is 0 Å². The van der Waals surface area contributed by atoms with E-state index in [-0.39, 0.29) is 5.91 Å². The molecule has 0 atom stereocenters. The standard InChI is InChI=1S/C18H23N3O2/c1-13-9-14(2)11-16(10-13)21-18(22)17-6-5-15(12-20-17)19-7-4-8-23-3/h5-6,9-12,19H,4,7-8H2,1-3H3,(H,21,22). The average Bonchev–Trinajstić information content (AvgIpc) is 2.51. The van der Waals surface area contributed by atoms with Gasteiger partial charge in [0.05, 0.1) is 11.9 Å². The van der Waals surface area contributed by atoms with Gasteiger partial charge in [-0.1, -0.05) is 6.07 Å². The van der Waals surface area contributed by atoms with Crippen molar-refractivity contribution < 1.29 is 9.53 Å². The molecule has 1 aromatic carbocycles. The minimum Gasteiger partial charge on any atom is -0.385 e. The molecular weight excluding hydrogens is 290 g/mol. The number of carbonyl (C=O) groups excluding carboxylic acids is 1. The van der Waals surface area contributed by atoms with Crippen LogP contribution in [0.25, 0.3) is 0 Å². The van der Waals surface area contributed by atoms with Crippen LogP contribution in [0.15, 0.2) is 36.5 Å². The highest BCUT2D eigenvalue weighted by atomic mass is 16.5. The van der Waals surface area contributed by atoms with Crippen molar-refractivity contribution in [2.24, 2.45) is 0 Å². The molecule has 0 aliphatic rings. The third-order valence-electron chi connectivity index (χ3n) is 3.33. The predicted octanol–water partition coefficient (Wildman–Crippen LogP) is 3.40. The minimum absolute atomic E-state index is 0.207. The maximum atomic E-state index is 12.2. The number of hydrogen-bond donors (Lipinski definition) is 2. The summed E-state index contributed by atoms with van der Waals surface area (Å²) in [7, 11) is 1.69. The van der Waals surface area contributed by atoms with E-state index in [2.05, 4.69) is 21.7 Å². The van der Waals surface area contributed by atoms with Crippen molar-refractivity contribution in [1.82, 2.24) is 4.98 Å². The zero-order valence-corrected chi connectivity index (χ0v) is 13.8. The van der Waals surface area contributed by atoms with Gasteiger partial charge in [0.15, 0.2) is 0 Å². The molecule has 0 aliphatic carbocycles. The number of nitrogens with zero attached hydrogens (tertiary/aromatic N) is 1. The van der Waals surface area contributed by atoms with E-state index in [0.29, 0.717) is 5.69 Å². The summed E-state index contributed by atoms with van der Waals surface area (Å²) in [5.74, 6) is -0.207. The number of aromatic nitrogens is 1. The van der Waals surface area contributed by atoms with Gasteiger partial charge in [-0.05, 0) is 55.7 Å². The number of carbonyl (C=O) groups is 1. The molecule has 1 amide bonds. The van der Waals surface area contributed by atoms with Crippen molar-refractivity contribution in [3.8, 4) is 0 Å². The van der Waals surface area contributed by atoms with Gasteiger partial charge in [0.25, 0.3) is 5.91 Å². The second-order valence-corrected chi connectivity index (χ2v) is 5.54. The second kappa shape index (κ2) is 8.29. The van der Waals surface area contributed by atoms with Gasteiger partial charge in [0, 0.05) is 25.9 Å². The van der Waals surface area contributed by atoms with Crippen LogP contribution >= 0.6 is 0 Å². The predicted molar refractivity (Wildman–Crippen MR) is 93.1 cm³/mol. The molecule has 5 nitrogen and oxygen atoms in total. The largest absolute Gasteiger partial charge is 0.385 e. The first-order valence-electron chi connectivity index (χ1n) is 7.67. The van der Waals surface area contributed by atoms with Crippen LogP contribution in [0.3, 0.4) is 0 Å². The first-order chi connectivity index (χ1) is 11.1. The lowest BCUT2D eigenvalue weighted by Gasteiger charge is -2.08. The van der Waals surface area contributed by atoms with Crippen LogP contribution < -0.4 is 10.6 Å². The summed E-state index contributed by atoms with van der Waals surface area (Å²) >= 11 is 0. The highest BCUT2D eigenvalue weighted by molar-refractivity contribution is 6.03. The molecule has 0 unspecified atom stereocenters. The Kier molecular flexibility index (Phi) is 6.11. The molecule has 0 aliphatic heterocycles. The van der Waals surface area contributed by atoms with Crippen molar-refractivity contribution in [2.75, 3.05) is 30.9 Å². The van der Waals surface area contributed by atoms with E-state index < -0.39 is 0 Å². The molecule has 23 heavy (non-hydrogen) atoms. The highest BCUT2D eigenvalue weighted by Crippen LogP contribution is 2.15. The number of nitrogens with one attached hydrogen (secondary N) is 2. The summed E-state index contributed by atoms with van der Waals surface area (Å²) in [4.78, 5) is 16.4. The zero-order valence-electron chi connectivity index (χ0n) is 13.8. The Bertz CT molecular complexity index is 634. The molecule has 2 aromatic rings. The molecule has 1 aromatic heterocycles. The quantitative estimate of drug-likeness (QED) is 0.769. The van der Waals surface area contributed by atoms with Crippen LogP contribution in [0.5, 0.6) is 0 Å². The summed E-state index contributed by atoms with van der Waals surface area (Å²) in [5.41, 5.74) is 4.31. The third-order valence-corrected chi connectivity index (χ3v) is 3.33. The molecule has 0 saturated heterocycles. The summed E-state index contributed by atoms with van der Waals surface area (Å²) in [5, 5.41) is 6.12. The van der Waals surface area contributed by atoms with Crippen LogP contribution in [-0.4, -0.2) is 31.2 Å². The molecule has 0 radical (unpaired) electrons. The SMILES string of the molecule is COCCCNc1ccc(C(=O)Nc2cc(C)cc(C)c2)nc1. The third kappa shape index (κ3) is 5.38. The van der Waals surface area contributed by atoms with E-state index in [4.69, 9.17) is 4.74 Å². The Morgan fingerprint density at radius 2 is 1.87 bits per heavy atom. The fourth-order valence-corrected chi connectivity index (χ4v) is 2.32. The number of methoxy groups -OCH3 is 1. The highest BCUT2D eigenvalue weighted by Gasteiger charge is 2.08. The van der Waals surface area contributed by atoms with Gasteiger partial charge in [0.2, 0.25) is 0 Å². The van der Waals surface area contributed by atoms with Crippen LogP contribution in [-0.2, 0) is 4.74 Å². The van der Waals surface area contributed by atoms with E-state index in [9.17, 15) is 4.79 Å². The van der Waals surface area contributed by atoms with Gasteiger partial charge in [-0.2, -0.15) is 0 Å². The molecule has 2 N–H and O–H groups in total. The summed E-state index contributed by atoms with van der Waals surface area (Å²) in [6.45, 7) is 5.54. The summed E-state index contributed by atoms with van der Waals surface area (Å²) < 4.78 is 5.00. The number of benzene rings is 1. The zero-order chi connectivity index (χ0) is 16.7. The normalized spacial score (nSPS) is 10.4. The van der Waals surface area contributed by atoms with Gasteiger partial charge in [-0.3, -0.25) is 4.79 Å². The van der Waals surface area contributed by atoms with Crippen molar-refractivity contribution in [2.45, 2.75) is 20.3 Å². The number of ether oxygens (including phenoxy) is 1. The van der Waals surface area contributed by atoms with Crippen molar-refractivity contribution in [1.29, 1.82) is 0 Å². The molecule has 5 heteroatoms. The smallest absolute Gasteiger partial charge is 0.274 e. The van der Waals surface area contributed by atoms with Crippen LogP contribution in [0.1, 0.15) is 28.0 Å². The molecular formula is C18H23N3O2. The number of anilines is 2. The van der Waals surface area contributed by atoms with Crippen LogP contribution in [0, 0.1) is 13.8 Å². The number of aryl methyl sites for hydroxylation is 2. The van der Waals surface area contributed by atoms with E-state index >= 15 is 0 Å².